The molecule has 1 amide bonds. The van der Waals surface area contributed by atoms with Crippen molar-refractivity contribution in [1.82, 2.24) is 4.90 Å². The highest BCUT2D eigenvalue weighted by molar-refractivity contribution is 7.12. The smallest absolute Gasteiger partial charge is 0.303 e. The third-order valence-electron chi connectivity index (χ3n) is 3.62. The number of likely N-dealkylation sites (tertiary alicyclic amines) is 1. The summed E-state index contributed by atoms with van der Waals surface area (Å²) in [6.45, 7) is 0.699. The van der Waals surface area contributed by atoms with Crippen LogP contribution in [0.5, 0.6) is 5.75 Å². The molecule has 20 heavy (non-hydrogen) atoms. The number of hydrogen-bond donors (Lipinski definition) is 1. The first-order valence-corrected chi connectivity index (χ1v) is 7.65. The quantitative estimate of drug-likeness (QED) is 0.907. The van der Waals surface area contributed by atoms with Crippen LogP contribution in [0.3, 0.4) is 0 Å². The summed E-state index contributed by atoms with van der Waals surface area (Å²) in [5.74, 6) is -0.244. The minimum Gasteiger partial charge on any atom is -0.495 e. The first-order chi connectivity index (χ1) is 9.63. The van der Waals surface area contributed by atoms with Crippen LogP contribution in [-0.2, 0) is 4.79 Å². The lowest BCUT2D eigenvalue weighted by Gasteiger charge is -2.35. The fourth-order valence-electron chi connectivity index (χ4n) is 2.60. The van der Waals surface area contributed by atoms with Gasteiger partial charge in [0.2, 0.25) is 0 Å². The van der Waals surface area contributed by atoms with Crippen molar-refractivity contribution in [3.05, 3.63) is 16.3 Å². The van der Waals surface area contributed by atoms with Gasteiger partial charge in [0.25, 0.3) is 5.91 Å². The second-order valence-corrected chi connectivity index (χ2v) is 5.81. The predicted molar refractivity (Wildman–Crippen MR) is 76.4 cm³/mol. The van der Waals surface area contributed by atoms with Crippen LogP contribution in [0.4, 0.5) is 0 Å². The van der Waals surface area contributed by atoms with Crippen LogP contribution in [0.2, 0.25) is 0 Å². The van der Waals surface area contributed by atoms with E-state index in [0.717, 1.165) is 19.3 Å². The summed E-state index contributed by atoms with van der Waals surface area (Å²) in [6.07, 6.45) is 3.54. The zero-order valence-corrected chi connectivity index (χ0v) is 12.3. The molecule has 0 radical (unpaired) electrons. The Kier molecular flexibility index (Phi) is 5.00. The molecular formula is C14H19NO4S. The van der Waals surface area contributed by atoms with Gasteiger partial charge in [-0.3, -0.25) is 9.59 Å². The number of ether oxygens (including phenoxy) is 1. The summed E-state index contributed by atoms with van der Waals surface area (Å²) >= 11 is 1.37. The number of carbonyl (C=O) groups excluding carboxylic acids is 1. The van der Waals surface area contributed by atoms with E-state index < -0.39 is 5.97 Å². The Labute approximate surface area is 122 Å². The lowest BCUT2D eigenvalue weighted by molar-refractivity contribution is -0.137. The first kappa shape index (κ1) is 14.8. The van der Waals surface area contributed by atoms with E-state index in [1.54, 1.807) is 13.2 Å². The van der Waals surface area contributed by atoms with Crippen molar-refractivity contribution < 1.29 is 19.4 Å². The number of amides is 1. The molecule has 1 aliphatic rings. The maximum atomic E-state index is 12.6. The largest absolute Gasteiger partial charge is 0.495 e. The number of rotatable bonds is 5. The topological polar surface area (TPSA) is 66.8 Å². The molecule has 1 N–H and O–H groups in total. The number of aliphatic carboxylic acids is 1. The monoisotopic (exact) mass is 297 g/mol. The molecule has 110 valence electrons. The van der Waals surface area contributed by atoms with E-state index in [4.69, 9.17) is 9.84 Å². The molecule has 1 aliphatic heterocycles. The van der Waals surface area contributed by atoms with Crippen molar-refractivity contribution in [2.75, 3.05) is 13.7 Å². The van der Waals surface area contributed by atoms with E-state index in [9.17, 15) is 9.59 Å². The van der Waals surface area contributed by atoms with Gasteiger partial charge >= 0.3 is 5.97 Å². The lowest BCUT2D eigenvalue weighted by atomic mass is 9.97. The van der Waals surface area contributed by atoms with Crippen molar-refractivity contribution in [3.63, 3.8) is 0 Å². The SMILES string of the molecule is COc1ccsc1C(=O)N1CCCC[C@H]1CCC(=O)O. The minimum atomic E-state index is -0.809. The third-order valence-corrected chi connectivity index (χ3v) is 4.51. The highest BCUT2D eigenvalue weighted by Gasteiger charge is 2.29. The average Bonchev–Trinajstić information content (AvgIpc) is 2.93. The summed E-state index contributed by atoms with van der Waals surface area (Å²) in [4.78, 5) is 25.8. The molecule has 0 unspecified atom stereocenters. The van der Waals surface area contributed by atoms with Gasteiger partial charge in [0, 0.05) is 19.0 Å². The zero-order chi connectivity index (χ0) is 14.5. The van der Waals surface area contributed by atoms with Crippen LogP contribution in [-0.4, -0.2) is 41.6 Å². The molecule has 1 saturated heterocycles. The highest BCUT2D eigenvalue weighted by Crippen LogP contribution is 2.29. The Morgan fingerprint density at radius 3 is 3.00 bits per heavy atom. The van der Waals surface area contributed by atoms with Gasteiger partial charge < -0.3 is 14.7 Å². The molecular weight excluding hydrogens is 278 g/mol. The standard InChI is InChI=1S/C14H19NO4S/c1-19-11-7-9-20-13(11)14(18)15-8-3-2-4-10(15)5-6-12(16)17/h7,9-10H,2-6,8H2,1H3,(H,16,17)/t10-/m0/s1. The van der Waals surface area contributed by atoms with Crippen molar-refractivity contribution in [2.24, 2.45) is 0 Å². The van der Waals surface area contributed by atoms with Crippen LogP contribution in [0.25, 0.3) is 0 Å². The molecule has 1 aromatic heterocycles. The second kappa shape index (κ2) is 6.74. The molecule has 1 aromatic rings. The van der Waals surface area contributed by atoms with Crippen LogP contribution in [0.15, 0.2) is 11.4 Å². The summed E-state index contributed by atoms with van der Waals surface area (Å²) < 4.78 is 5.20. The highest BCUT2D eigenvalue weighted by atomic mass is 32.1. The zero-order valence-electron chi connectivity index (χ0n) is 11.5. The fraction of sp³-hybridized carbons (Fsp3) is 0.571. The normalized spacial score (nSPS) is 18.9. The number of carbonyl (C=O) groups is 2. The number of methoxy groups -OCH3 is 1. The van der Waals surface area contributed by atoms with Gasteiger partial charge in [-0.2, -0.15) is 0 Å². The molecule has 0 spiro atoms. The van der Waals surface area contributed by atoms with Gasteiger partial charge in [0.05, 0.1) is 7.11 Å². The first-order valence-electron chi connectivity index (χ1n) is 6.77. The Bertz CT molecular complexity index is 485. The molecule has 5 nitrogen and oxygen atoms in total. The number of hydrogen-bond acceptors (Lipinski definition) is 4. The third kappa shape index (κ3) is 3.30. The van der Waals surface area contributed by atoms with E-state index in [0.29, 0.717) is 23.6 Å². The van der Waals surface area contributed by atoms with Crippen LogP contribution < -0.4 is 4.74 Å². The van der Waals surface area contributed by atoms with Gasteiger partial charge in [0.1, 0.15) is 10.6 Å². The second-order valence-electron chi connectivity index (χ2n) is 4.90. The number of piperidine rings is 1. The van der Waals surface area contributed by atoms with Gasteiger partial charge in [-0.25, -0.2) is 0 Å². The number of nitrogens with zero attached hydrogens (tertiary/aromatic N) is 1. The Balaban J connectivity index is 2.11. The van der Waals surface area contributed by atoms with Gasteiger partial charge in [-0.15, -0.1) is 11.3 Å². The van der Waals surface area contributed by atoms with E-state index >= 15 is 0 Å². The molecule has 0 saturated carbocycles. The lowest BCUT2D eigenvalue weighted by Crippen LogP contribution is -2.43. The van der Waals surface area contributed by atoms with Gasteiger partial charge in [-0.05, 0) is 37.1 Å². The van der Waals surface area contributed by atoms with Gasteiger partial charge in [-0.1, -0.05) is 0 Å². The van der Waals surface area contributed by atoms with E-state index in [2.05, 4.69) is 0 Å². The molecule has 1 fully saturated rings. The minimum absolute atomic E-state index is 0.0270. The number of carboxylic acid groups (broad SMARTS) is 1. The van der Waals surface area contributed by atoms with Gasteiger partial charge in [0.15, 0.2) is 0 Å². The van der Waals surface area contributed by atoms with Crippen molar-refractivity contribution in [2.45, 2.75) is 38.1 Å². The summed E-state index contributed by atoms with van der Waals surface area (Å²) in [6, 6.07) is 1.81. The Morgan fingerprint density at radius 2 is 2.30 bits per heavy atom. The predicted octanol–water partition coefficient (Wildman–Crippen LogP) is 2.62. The fourth-order valence-corrected chi connectivity index (χ4v) is 3.42. The van der Waals surface area contributed by atoms with Crippen molar-refractivity contribution in [3.8, 4) is 5.75 Å². The van der Waals surface area contributed by atoms with Crippen molar-refractivity contribution in [1.29, 1.82) is 0 Å². The molecule has 2 heterocycles. The summed E-state index contributed by atoms with van der Waals surface area (Å²) in [5.41, 5.74) is 0. The molecule has 6 heteroatoms. The Morgan fingerprint density at radius 1 is 1.50 bits per heavy atom. The van der Waals surface area contributed by atoms with Crippen LogP contribution >= 0.6 is 11.3 Å². The number of thiophene rings is 1. The maximum Gasteiger partial charge on any atom is 0.303 e. The van der Waals surface area contributed by atoms with Crippen LogP contribution in [0.1, 0.15) is 41.8 Å². The van der Waals surface area contributed by atoms with E-state index in [-0.39, 0.29) is 18.4 Å². The van der Waals surface area contributed by atoms with Crippen LogP contribution in [0, 0.1) is 0 Å². The van der Waals surface area contributed by atoms with E-state index in [1.807, 2.05) is 10.3 Å². The molecule has 2 rings (SSSR count). The molecule has 0 bridgehead atoms. The van der Waals surface area contributed by atoms with E-state index in [1.165, 1.54) is 11.3 Å². The maximum absolute atomic E-state index is 12.6. The molecule has 0 aliphatic carbocycles. The van der Waals surface area contributed by atoms with Crippen molar-refractivity contribution >= 4 is 23.2 Å². The average molecular weight is 297 g/mol. The number of carboxylic acids is 1. The Hall–Kier alpha value is -1.56. The molecule has 0 aromatic carbocycles. The summed E-state index contributed by atoms with van der Waals surface area (Å²) in [5, 5.41) is 10.6. The molecule has 1 atom stereocenters. The summed E-state index contributed by atoms with van der Waals surface area (Å²) in [7, 11) is 1.55.